The largest absolute Gasteiger partial charge is 0.496 e. The number of carbonyl (C=O) groups is 1. The first-order valence-electron chi connectivity index (χ1n) is 10.7. The van der Waals surface area contributed by atoms with Crippen LogP contribution in [0.2, 0.25) is 0 Å². The lowest BCUT2D eigenvalue weighted by atomic mass is 9.85. The molecule has 0 unspecified atom stereocenters. The van der Waals surface area contributed by atoms with E-state index in [9.17, 15) is 14.7 Å². The van der Waals surface area contributed by atoms with Crippen LogP contribution in [0.4, 0.5) is 0 Å². The van der Waals surface area contributed by atoms with E-state index in [0.717, 1.165) is 6.54 Å². The molecule has 1 aliphatic heterocycles. The molecule has 2 atom stereocenters. The number of likely N-dealkylation sites (N-methyl/N-ethyl adjacent to an activating group) is 1. The first-order valence-corrected chi connectivity index (χ1v) is 10.7. The molecule has 0 bridgehead atoms. The molecule has 0 saturated carbocycles. The number of ether oxygens (including phenoxy) is 3. The van der Waals surface area contributed by atoms with Gasteiger partial charge in [0.25, 0.3) is 0 Å². The summed E-state index contributed by atoms with van der Waals surface area (Å²) in [5.74, 6) is 0.450. The van der Waals surface area contributed by atoms with Crippen molar-refractivity contribution < 1.29 is 28.5 Å². The summed E-state index contributed by atoms with van der Waals surface area (Å²) in [4.78, 5) is 27.0. The topological polar surface area (TPSA) is 98.4 Å². The quantitative estimate of drug-likeness (QED) is 0.589. The van der Waals surface area contributed by atoms with Crippen LogP contribution in [-0.2, 0) is 4.74 Å². The van der Waals surface area contributed by atoms with Crippen LogP contribution in [0.25, 0.3) is 22.3 Å². The third-order valence-corrected chi connectivity index (χ3v) is 6.15. The second-order valence-electron chi connectivity index (χ2n) is 8.17. The Morgan fingerprint density at radius 3 is 2.39 bits per heavy atom. The molecule has 0 radical (unpaired) electrons. The minimum Gasteiger partial charge on any atom is -0.496 e. The summed E-state index contributed by atoms with van der Waals surface area (Å²) in [6.45, 7) is 1.29. The molecule has 1 N–H and O–H groups in total. The number of likely N-dealkylation sites (tertiary alicyclic amines) is 1. The van der Waals surface area contributed by atoms with Crippen molar-refractivity contribution in [3.05, 3.63) is 57.7 Å². The Bertz CT molecular complexity index is 1230. The van der Waals surface area contributed by atoms with Crippen LogP contribution in [-0.4, -0.2) is 63.5 Å². The number of benzene rings is 2. The van der Waals surface area contributed by atoms with E-state index in [1.54, 1.807) is 37.4 Å². The normalized spacial score (nSPS) is 18.8. The molecule has 1 aliphatic rings. The Morgan fingerprint density at radius 1 is 1.09 bits per heavy atom. The molecule has 0 spiro atoms. The van der Waals surface area contributed by atoms with Crippen LogP contribution >= 0.6 is 0 Å². The molecule has 1 saturated heterocycles. The fourth-order valence-corrected chi connectivity index (χ4v) is 4.44. The van der Waals surface area contributed by atoms with Crippen LogP contribution in [0.1, 0.15) is 28.3 Å². The van der Waals surface area contributed by atoms with Crippen LogP contribution < -0.4 is 14.9 Å². The van der Waals surface area contributed by atoms with Gasteiger partial charge in [-0.05, 0) is 32.1 Å². The number of nitrogens with zero attached hydrogens (tertiary/aromatic N) is 1. The van der Waals surface area contributed by atoms with Gasteiger partial charge in [0.2, 0.25) is 0 Å². The van der Waals surface area contributed by atoms with E-state index < -0.39 is 12.1 Å². The second kappa shape index (κ2) is 9.25. The van der Waals surface area contributed by atoms with Crippen molar-refractivity contribution in [2.75, 3.05) is 41.5 Å². The number of rotatable bonds is 5. The van der Waals surface area contributed by atoms with E-state index in [1.165, 1.54) is 20.3 Å². The predicted molar refractivity (Wildman–Crippen MR) is 123 cm³/mol. The Labute approximate surface area is 191 Å². The molecule has 174 valence electrons. The van der Waals surface area contributed by atoms with Gasteiger partial charge in [0.05, 0.1) is 33.0 Å². The van der Waals surface area contributed by atoms with Crippen LogP contribution in [0, 0.1) is 0 Å². The summed E-state index contributed by atoms with van der Waals surface area (Å²) in [6, 6.07) is 9.68. The average Bonchev–Trinajstić information content (AvgIpc) is 2.82. The summed E-state index contributed by atoms with van der Waals surface area (Å²) < 4.78 is 22.2. The maximum atomic E-state index is 13.2. The van der Waals surface area contributed by atoms with Crippen LogP contribution in [0.15, 0.2) is 45.6 Å². The molecule has 3 aromatic rings. The molecule has 0 amide bonds. The molecule has 8 nitrogen and oxygen atoms in total. The minimum atomic E-state index is -0.650. The molecule has 1 fully saturated rings. The van der Waals surface area contributed by atoms with E-state index in [2.05, 4.69) is 4.90 Å². The number of carbonyl (C=O) groups excluding carboxylic acids is 1. The highest BCUT2D eigenvalue weighted by molar-refractivity contribution is 5.91. The highest BCUT2D eigenvalue weighted by Crippen LogP contribution is 2.43. The average molecular weight is 453 g/mol. The Kier molecular flexibility index (Phi) is 6.40. The zero-order valence-corrected chi connectivity index (χ0v) is 19.1. The van der Waals surface area contributed by atoms with E-state index in [4.69, 9.17) is 18.6 Å². The number of esters is 1. The van der Waals surface area contributed by atoms with E-state index >= 15 is 0 Å². The van der Waals surface area contributed by atoms with Crippen molar-refractivity contribution in [2.45, 2.75) is 18.4 Å². The van der Waals surface area contributed by atoms with Gasteiger partial charge in [-0.25, -0.2) is 4.79 Å². The standard InChI is InChI=1S/C25H27NO7/c1-26-10-9-16(18(28)13-26)22-20(30-2)12-21(31-3)23-17(27)11-19(33-24(22)23)14-5-7-15(8-6-14)25(29)32-4/h5-8,11-12,16,18,28H,9-10,13H2,1-4H3/t16-,18+/m0/s1. The summed E-state index contributed by atoms with van der Waals surface area (Å²) in [5, 5.41) is 11.2. The minimum absolute atomic E-state index is 0.272. The SMILES string of the molecule is COC(=O)c1ccc(-c2cc(=O)c3c(OC)cc(OC)c([C@H]4CCN(C)C[C@H]4O)c3o2)cc1. The molecule has 2 aromatic carbocycles. The second-order valence-corrected chi connectivity index (χ2v) is 8.17. The van der Waals surface area contributed by atoms with Gasteiger partial charge in [-0.3, -0.25) is 4.79 Å². The maximum absolute atomic E-state index is 13.2. The monoisotopic (exact) mass is 453 g/mol. The Morgan fingerprint density at radius 2 is 1.79 bits per heavy atom. The maximum Gasteiger partial charge on any atom is 0.337 e. The predicted octanol–water partition coefficient (Wildman–Crippen LogP) is 3.04. The molecule has 8 heteroatoms. The van der Waals surface area contributed by atoms with Gasteiger partial charge in [0.15, 0.2) is 5.43 Å². The fourth-order valence-electron chi connectivity index (χ4n) is 4.44. The van der Waals surface area contributed by atoms with Gasteiger partial charge < -0.3 is 28.6 Å². The van der Waals surface area contributed by atoms with E-state index in [1.807, 2.05) is 7.05 Å². The van der Waals surface area contributed by atoms with Gasteiger partial charge >= 0.3 is 5.97 Å². The Balaban J connectivity index is 1.94. The molecule has 2 heterocycles. The number of hydrogen-bond donors (Lipinski definition) is 1. The molecule has 1 aromatic heterocycles. The smallest absolute Gasteiger partial charge is 0.337 e. The number of hydrogen-bond acceptors (Lipinski definition) is 8. The van der Waals surface area contributed by atoms with Crippen molar-refractivity contribution in [1.82, 2.24) is 4.90 Å². The van der Waals surface area contributed by atoms with E-state index in [0.29, 0.717) is 57.9 Å². The molecule has 33 heavy (non-hydrogen) atoms. The molecule has 4 rings (SSSR count). The summed E-state index contributed by atoms with van der Waals surface area (Å²) >= 11 is 0. The summed E-state index contributed by atoms with van der Waals surface area (Å²) in [7, 11) is 6.30. The summed E-state index contributed by atoms with van der Waals surface area (Å²) in [5.41, 5.74) is 1.73. The third kappa shape index (κ3) is 4.19. The third-order valence-electron chi connectivity index (χ3n) is 6.15. The summed E-state index contributed by atoms with van der Waals surface area (Å²) in [6.07, 6.45) is 0.0274. The number of methoxy groups -OCH3 is 3. The van der Waals surface area contributed by atoms with Gasteiger partial charge in [0.1, 0.15) is 28.2 Å². The van der Waals surface area contributed by atoms with Gasteiger partial charge in [-0.1, -0.05) is 12.1 Å². The fraction of sp³-hybridized carbons (Fsp3) is 0.360. The number of aliphatic hydroxyl groups excluding tert-OH is 1. The van der Waals surface area contributed by atoms with Crippen molar-refractivity contribution in [1.29, 1.82) is 0 Å². The number of fused-ring (bicyclic) bond motifs is 1. The first-order chi connectivity index (χ1) is 15.9. The van der Waals surface area contributed by atoms with Crippen molar-refractivity contribution in [2.24, 2.45) is 0 Å². The van der Waals surface area contributed by atoms with Gasteiger partial charge in [-0.2, -0.15) is 0 Å². The zero-order chi connectivity index (χ0) is 23.7. The van der Waals surface area contributed by atoms with Crippen molar-refractivity contribution in [3.63, 3.8) is 0 Å². The highest BCUT2D eigenvalue weighted by atomic mass is 16.5. The van der Waals surface area contributed by atoms with Crippen LogP contribution in [0.3, 0.4) is 0 Å². The zero-order valence-electron chi connectivity index (χ0n) is 19.1. The van der Waals surface area contributed by atoms with E-state index in [-0.39, 0.29) is 11.3 Å². The van der Waals surface area contributed by atoms with Gasteiger partial charge in [0, 0.05) is 35.7 Å². The molecule has 0 aliphatic carbocycles. The lowest BCUT2D eigenvalue weighted by Crippen LogP contribution is -2.40. The number of aliphatic hydroxyl groups is 1. The van der Waals surface area contributed by atoms with Crippen molar-refractivity contribution in [3.8, 4) is 22.8 Å². The highest BCUT2D eigenvalue weighted by Gasteiger charge is 2.33. The number of piperidine rings is 1. The van der Waals surface area contributed by atoms with Gasteiger partial charge in [-0.15, -0.1) is 0 Å². The Hall–Kier alpha value is -3.36. The lowest BCUT2D eigenvalue weighted by Gasteiger charge is -2.34. The lowest BCUT2D eigenvalue weighted by molar-refractivity contribution is 0.0600. The van der Waals surface area contributed by atoms with Crippen LogP contribution in [0.5, 0.6) is 11.5 Å². The number of β-amino-alcohol motifs (C(OH)–C–C–N with tert-alkyl or cyclic N) is 1. The van der Waals surface area contributed by atoms with Crippen molar-refractivity contribution >= 4 is 16.9 Å². The first kappa shape index (κ1) is 22.8. The molecular formula is C25H27NO7. The molecular weight excluding hydrogens is 426 g/mol.